The quantitative estimate of drug-likeness (QED) is 0.536. The summed E-state index contributed by atoms with van der Waals surface area (Å²) in [6, 6.07) is 6.76. The number of hydrogen-bond donors (Lipinski definition) is 2. The molecule has 1 saturated carbocycles. The van der Waals surface area contributed by atoms with Crippen LogP contribution in [0.3, 0.4) is 0 Å². The molecule has 1 aliphatic heterocycles. The Labute approximate surface area is 165 Å². The standard InChI is InChI=1S/C20H30FN5O2/c1-22-20(23-13-18(28-2)15-3-5-16(21)6-4-15)26-11-9-25(10-12-26)14-19(27)24-17-7-8-17/h3-6,17-18H,7-14H2,1-2H3,(H,22,23)(H,24,27). The lowest BCUT2D eigenvalue weighted by molar-refractivity contribution is -0.122. The van der Waals surface area contributed by atoms with E-state index in [0.29, 0.717) is 19.1 Å². The first-order valence-electron chi connectivity index (χ1n) is 9.84. The van der Waals surface area contributed by atoms with Crippen LogP contribution in [0.5, 0.6) is 0 Å². The molecule has 1 aliphatic carbocycles. The first-order valence-corrected chi connectivity index (χ1v) is 9.84. The fourth-order valence-electron chi connectivity index (χ4n) is 3.35. The van der Waals surface area contributed by atoms with Crippen LogP contribution in [-0.2, 0) is 9.53 Å². The first kappa shape index (κ1) is 20.5. The van der Waals surface area contributed by atoms with E-state index in [4.69, 9.17) is 4.74 Å². The average Bonchev–Trinajstić information content (AvgIpc) is 3.51. The van der Waals surface area contributed by atoms with Crippen molar-refractivity contribution in [1.29, 1.82) is 0 Å². The van der Waals surface area contributed by atoms with E-state index in [0.717, 1.165) is 50.5 Å². The number of aliphatic imine (C=N–C) groups is 1. The lowest BCUT2D eigenvalue weighted by Crippen LogP contribution is -2.54. The molecule has 1 unspecified atom stereocenters. The van der Waals surface area contributed by atoms with Crippen LogP contribution in [0.2, 0.25) is 0 Å². The highest BCUT2D eigenvalue weighted by atomic mass is 19.1. The van der Waals surface area contributed by atoms with E-state index < -0.39 is 0 Å². The van der Waals surface area contributed by atoms with Crippen molar-refractivity contribution in [3.05, 3.63) is 35.6 Å². The van der Waals surface area contributed by atoms with Crippen molar-refractivity contribution in [1.82, 2.24) is 20.4 Å². The maximum atomic E-state index is 13.1. The minimum Gasteiger partial charge on any atom is -0.375 e. The van der Waals surface area contributed by atoms with Crippen LogP contribution in [0.4, 0.5) is 4.39 Å². The Morgan fingerprint density at radius 3 is 2.50 bits per heavy atom. The van der Waals surface area contributed by atoms with Gasteiger partial charge in [0.05, 0.1) is 12.6 Å². The minimum atomic E-state index is -0.258. The van der Waals surface area contributed by atoms with Crippen molar-refractivity contribution in [2.24, 2.45) is 4.99 Å². The Kier molecular flexibility index (Phi) is 7.22. The molecule has 2 aliphatic rings. The van der Waals surface area contributed by atoms with Gasteiger partial charge in [-0.1, -0.05) is 12.1 Å². The lowest BCUT2D eigenvalue weighted by Gasteiger charge is -2.36. The van der Waals surface area contributed by atoms with Gasteiger partial charge in [0.25, 0.3) is 0 Å². The Morgan fingerprint density at radius 1 is 1.25 bits per heavy atom. The highest BCUT2D eigenvalue weighted by Crippen LogP contribution is 2.18. The van der Waals surface area contributed by atoms with Crippen LogP contribution >= 0.6 is 0 Å². The number of carbonyl (C=O) groups excluding carboxylic acids is 1. The zero-order valence-electron chi connectivity index (χ0n) is 16.7. The molecule has 2 fully saturated rings. The molecule has 1 aromatic carbocycles. The number of ether oxygens (including phenoxy) is 1. The van der Waals surface area contributed by atoms with Gasteiger partial charge in [0.1, 0.15) is 5.82 Å². The second-order valence-electron chi connectivity index (χ2n) is 7.31. The van der Waals surface area contributed by atoms with E-state index in [1.807, 2.05) is 0 Å². The van der Waals surface area contributed by atoms with Crippen LogP contribution in [0, 0.1) is 5.82 Å². The van der Waals surface area contributed by atoms with Gasteiger partial charge in [0.2, 0.25) is 5.91 Å². The average molecular weight is 391 g/mol. The zero-order valence-corrected chi connectivity index (χ0v) is 16.7. The number of nitrogens with zero attached hydrogens (tertiary/aromatic N) is 3. The molecule has 0 aromatic heterocycles. The maximum Gasteiger partial charge on any atom is 0.234 e. The molecule has 3 rings (SSSR count). The number of halogens is 1. The van der Waals surface area contributed by atoms with Gasteiger partial charge in [-0.25, -0.2) is 4.39 Å². The summed E-state index contributed by atoms with van der Waals surface area (Å²) in [4.78, 5) is 20.7. The third-order valence-electron chi connectivity index (χ3n) is 5.17. The summed E-state index contributed by atoms with van der Waals surface area (Å²) in [5, 5.41) is 6.39. The fraction of sp³-hybridized carbons (Fsp3) is 0.600. The van der Waals surface area contributed by atoms with E-state index in [9.17, 15) is 9.18 Å². The number of nitrogens with one attached hydrogen (secondary N) is 2. The number of guanidine groups is 1. The number of carbonyl (C=O) groups is 1. The Morgan fingerprint density at radius 2 is 1.93 bits per heavy atom. The molecule has 2 N–H and O–H groups in total. The van der Waals surface area contributed by atoms with E-state index in [1.54, 1.807) is 26.3 Å². The summed E-state index contributed by atoms with van der Waals surface area (Å²) in [7, 11) is 3.40. The van der Waals surface area contributed by atoms with Gasteiger partial charge in [-0.05, 0) is 30.5 Å². The predicted molar refractivity (Wildman–Crippen MR) is 107 cm³/mol. The normalized spacial score (nSPS) is 19.4. The summed E-state index contributed by atoms with van der Waals surface area (Å²) in [6.45, 7) is 4.27. The molecular weight excluding hydrogens is 361 g/mol. The number of methoxy groups -OCH3 is 1. The Hall–Kier alpha value is -2.19. The van der Waals surface area contributed by atoms with Crippen LogP contribution < -0.4 is 10.6 Å². The van der Waals surface area contributed by atoms with Crippen molar-refractivity contribution >= 4 is 11.9 Å². The number of amides is 1. The summed E-state index contributed by atoms with van der Waals surface area (Å²) >= 11 is 0. The summed E-state index contributed by atoms with van der Waals surface area (Å²) < 4.78 is 18.7. The highest BCUT2D eigenvalue weighted by molar-refractivity contribution is 5.80. The first-order chi connectivity index (χ1) is 13.6. The van der Waals surface area contributed by atoms with Gasteiger partial charge >= 0.3 is 0 Å². The van der Waals surface area contributed by atoms with Crippen molar-refractivity contribution < 1.29 is 13.9 Å². The minimum absolute atomic E-state index is 0.126. The van der Waals surface area contributed by atoms with Crippen molar-refractivity contribution in [3.8, 4) is 0 Å². The second kappa shape index (κ2) is 9.84. The largest absolute Gasteiger partial charge is 0.375 e. The number of rotatable bonds is 7. The smallest absolute Gasteiger partial charge is 0.234 e. The topological polar surface area (TPSA) is 69.2 Å². The van der Waals surface area contributed by atoms with Gasteiger partial charge in [-0.15, -0.1) is 0 Å². The molecule has 0 bridgehead atoms. The molecule has 1 atom stereocenters. The lowest BCUT2D eigenvalue weighted by atomic mass is 10.1. The summed E-state index contributed by atoms with van der Waals surface area (Å²) in [5.41, 5.74) is 0.915. The van der Waals surface area contributed by atoms with Crippen LogP contribution in [0.25, 0.3) is 0 Å². The second-order valence-corrected chi connectivity index (χ2v) is 7.31. The number of benzene rings is 1. The summed E-state index contributed by atoms with van der Waals surface area (Å²) in [6.07, 6.45) is 2.04. The van der Waals surface area contributed by atoms with Gasteiger partial charge in [0.15, 0.2) is 5.96 Å². The zero-order chi connectivity index (χ0) is 19.9. The van der Waals surface area contributed by atoms with Gasteiger partial charge in [-0.3, -0.25) is 14.7 Å². The molecule has 1 heterocycles. The molecular formula is C20H30FN5O2. The van der Waals surface area contributed by atoms with Crippen molar-refractivity contribution in [3.63, 3.8) is 0 Å². The van der Waals surface area contributed by atoms with Gasteiger partial charge in [0, 0.05) is 52.9 Å². The third kappa shape index (κ3) is 5.90. The molecule has 1 aromatic rings. The van der Waals surface area contributed by atoms with Crippen LogP contribution in [0.15, 0.2) is 29.3 Å². The fourth-order valence-corrected chi connectivity index (χ4v) is 3.35. The Bertz CT molecular complexity index is 670. The molecule has 8 heteroatoms. The molecule has 154 valence electrons. The Balaban J connectivity index is 1.44. The molecule has 0 spiro atoms. The maximum absolute atomic E-state index is 13.1. The monoisotopic (exact) mass is 391 g/mol. The number of hydrogen-bond acceptors (Lipinski definition) is 4. The van der Waals surface area contributed by atoms with Gasteiger partial charge in [-0.2, -0.15) is 0 Å². The van der Waals surface area contributed by atoms with Crippen LogP contribution in [-0.4, -0.2) is 81.1 Å². The highest BCUT2D eigenvalue weighted by Gasteiger charge is 2.26. The molecule has 7 nitrogen and oxygen atoms in total. The van der Waals surface area contributed by atoms with E-state index in [1.165, 1.54) is 12.1 Å². The molecule has 28 heavy (non-hydrogen) atoms. The molecule has 0 radical (unpaired) electrons. The predicted octanol–water partition coefficient (Wildman–Crippen LogP) is 0.985. The van der Waals surface area contributed by atoms with Crippen molar-refractivity contribution in [2.45, 2.75) is 25.0 Å². The summed E-state index contributed by atoms with van der Waals surface area (Å²) in [5.74, 6) is 0.679. The van der Waals surface area contributed by atoms with E-state index in [-0.39, 0.29) is 17.8 Å². The SMILES string of the molecule is CN=C(NCC(OC)c1ccc(F)cc1)N1CCN(CC(=O)NC2CC2)CC1. The molecule has 1 amide bonds. The third-order valence-corrected chi connectivity index (χ3v) is 5.17. The number of piperazine rings is 1. The van der Waals surface area contributed by atoms with Crippen molar-refractivity contribution in [2.75, 3.05) is 53.4 Å². The van der Waals surface area contributed by atoms with Gasteiger partial charge < -0.3 is 20.3 Å². The van der Waals surface area contributed by atoms with E-state index in [2.05, 4.69) is 25.4 Å². The molecule has 1 saturated heterocycles. The van der Waals surface area contributed by atoms with Crippen LogP contribution in [0.1, 0.15) is 24.5 Å². The van der Waals surface area contributed by atoms with E-state index >= 15 is 0 Å².